The van der Waals surface area contributed by atoms with Crippen LogP contribution in [0.2, 0.25) is 0 Å². The zero-order chi connectivity index (χ0) is 20.4. The number of carbonyl (C=O) groups is 2. The van der Waals surface area contributed by atoms with E-state index in [4.69, 9.17) is 4.74 Å². The molecule has 1 atom stereocenters. The van der Waals surface area contributed by atoms with Crippen LogP contribution in [0.4, 0.5) is 5.69 Å². The predicted molar refractivity (Wildman–Crippen MR) is 107 cm³/mol. The molecule has 0 bridgehead atoms. The molecule has 0 aliphatic rings. The largest absolute Gasteiger partial charge is 0.466 e. The first kappa shape index (κ1) is 21.4. The van der Waals surface area contributed by atoms with Gasteiger partial charge in [0.15, 0.2) is 0 Å². The zero-order valence-electron chi connectivity index (χ0n) is 15.5. The van der Waals surface area contributed by atoms with Crippen molar-refractivity contribution in [2.45, 2.75) is 18.2 Å². The summed E-state index contributed by atoms with van der Waals surface area (Å²) in [5.41, 5.74) is 1.00. The molecule has 0 aliphatic carbocycles. The number of nitro benzene ring substituents is 1. The van der Waals surface area contributed by atoms with Crippen LogP contribution in [-0.2, 0) is 20.7 Å². The van der Waals surface area contributed by atoms with Gasteiger partial charge in [-0.2, -0.15) is 0 Å². The molecule has 1 amide bonds. The molecule has 2 rings (SSSR count). The fraction of sp³-hybridized carbons (Fsp3) is 0.300. The molecule has 28 heavy (non-hydrogen) atoms. The van der Waals surface area contributed by atoms with Crippen molar-refractivity contribution in [1.82, 2.24) is 5.32 Å². The van der Waals surface area contributed by atoms with Crippen LogP contribution < -0.4 is 5.32 Å². The van der Waals surface area contributed by atoms with Crippen molar-refractivity contribution < 1.29 is 19.2 Å². The van der Waals surface area contributed by atoms with Gasteiger partial charge in [0.1, 0.15) is 0 Å². The molecule has 0 saturated heterocycles. The SMILES string of the molecule is CCOC(=O)C(CNC(=O)CSc1ccc([N+](=O)[O-])cc1)Cc1ccccc1. The fourth-order valence-electron chi connectivity index (χ4n) is 2.50. The standard InChI is InChI=1S/C20H22N2O5S/c1-2-27-20(24)16(12-15-6-4-3-5-7-15)13-21-19(23)14-28-18-10-8-17(9-11-18)22(25)26/h3-11,16H,2,12-14H2,1H3,(H,21,23). The maximum Gasteiger partial charge on any atom is 0.311 e. The lowest BCUT2D eigenvalue weighted by Gasteiger charge is -2.16. The van der Waals surface area contributed by atoms with Crippen LogP contribution in [0.15, 0.2) is 59.5 Å². The summed E-state index contributed by atoms with van der Waals surface area (Å²) in [6, 6.07) is 15.6. The van der Waals surface area contributed by atoms with Crippen LogP contribution in [-0.4, -0.2) is 35.7 Å². The average Bonchev–Trinajstić information content (AvgIpc) is 2.70. The molecule has 0 saturated carbocycles. The van der Waals surface area contributed by atoms with E-state index in [1.807, 2.05) is 30.3 Å². The van der Waals surface area contributed by atoms with Crippen molar-refractivity contribution in [3.8, 4) is 0 Å². The third kappa shape index (κ3) is 7.03. The van der Waals surface area contributed by atoms with Crippen molar-refractivity contribution in [3.63, 3.8) is 0 Å². The van der Waals surface area contributed by atoms with Gasteiger partial charge in [0.2, 0.25) is 5.91 Å². The number of rotatable bonds is 10. The highest BCUT2D eigenvalue weighted by Crippen LogP contribution is 2.21. The van der Waals surface area contributed by atoms with Gasteiger partial charge in [-0.25, -0.2) is 0 Å². The highest BCUT2D eigenvalue weighted by molar-refractivity contribution is 8.00. The minimum atomic E-state index is -0.469. The molecule has 0 aromatic heterocycles. The maximum atomic E-state index is 12.2. The molecule has 0 fully saturated rings. The molecule has 7 nitrogen and oxygen atoms in total. The Balaban J connectivity index is 1.85. The van der Waals surface area contributed by atoms with Gasteiger partial charge >= 0.3 is 5.97 Å². The Labute approximate surface area is 167 Å². The average molecular weight is 402 g/mol. The molecular weight excluding hydrogens is 380 g/mol. The number of amides is 1. The molecule has 148 valence electrons. The molecular formula is C20H22N2O5S. The number of nitrogens with one attached hydrogen (secondary N) is 1. The first-order chi connectivity index (χ1) is 13.5. The van der Waals surface area contributed by atoms with E-state index >= 15 is 0 Å². The number of nitro groups is 1. The summed E-state index contributed by atoms with van der Waals surface area (Å²) in [5.74, 6) is -0.866. The summed E-state index contributed by atoms with van der Waals surface area (Å²) in [6.07, 6.45) is 0.482. The van der Waals surface area contributed by atoms with E-state index in [0.29, 0.717) is 6.42 Å². The van der Waals surface area contributed by atoms with Crippen LogP contribution in [0.25, 0.3) is 0 Å². The molecule has 8 heteroatoms. The Kier molecular flexibility index (Phi) is 8.48. The van der Waals surface area contributed by atoms with Crippen molar-refractivity contribution in [2.24, 2.45) is 5.92 Å². The van der Waals surface area contributed by atoms with Gasteiger partial charge in [0.25, 0.3) is 5.69 Å². The molecule has 1 unspecified atom stereocenters. The van der Waals surface area contributed by atoms with Crippen molar-refractivity contribution in [2.75, 3.05) is 18.9 Å². The monoisotopic (exact) mass is 402 g/mol. The quantitative estimate of drug-likeness (QED) is 0.284. The Morgan fingerprint density at radius 3 is 2.43 bits per heavy atom. The molecule has 0 spiro atoms. The van der Waals surface area contributed by atoms with Gasteiger partial charge in [-0.15, -0.1) is 11.8 Å². The van der Waals surface area contributed by atoms with Crippen LogP contribution in [0.1, 0.15) is 12.5 Å². The van der Waals surface area contributed by atoms with E-state index in [1.54, 1.807) is 19.1 Å². The van der Waals surface area contributed by atoms with E-state index in [9.17, 15) is 19.7 Å². The highest BCUT2D eigenvalue weighted by atomic mass is 32.2. The summed E-state index contributed by atoms with van der Waals surface area (Å²) in [6.45, 7) is 2.22. The van der Waals surface area contributed by atoms with Gasteiger partial charge in [0, 0.05) is 23.6 Å². The summed E-state index contributed by atoms with van der Waals surface area (Å²) in [5, 5.41) is 13.4. The number of benzene rings is 2. The van der Waals surface area contributed by atoms with E-state index in [0.717, 1.165) is 10.5 Å². The first-order valence-corrected chi connectivity index (χ1v) is 9.82. The van der Waals surface area contributed by atoms with Crippen LogP contribution in [0.5, 0.6) is 0 Å². The number of non-ortho nitro benzene ring substituents is 1. The third-order valence-corrected chi connectivity index (χ3v) is 4.92. The van der Waals surface area contributed by atoms with Crippen LogP contribution in [0.3, 0.4) is 0 Å². The molecule has 2 aromatic rings. The Morgan fingerprint density at radius 2 is 1.82 bits per heavy atom. The smallest absolute Gasteiger partial charge is 0.311 e. The van der Waals surface area contributed by atoms with Crippen molar-refractivity contribution >= 4 is 29.3 Å². The lowest BCUT2D eigenvalue weighted by atomic mass is 9.99. The molecule has 0 heterocycles. The molecule has 0 radical (unpaired) electrons. The molecule has 2 aromatic carbocycles. The minimum Gasteiger partial charge on any atom is -0.466 e. The summed E-state index contributed by atoms with van der Waals surface area (Å²) >= 11 is 1.27. The number of thioether (sulfide) groups is 1. The first-order valence-electron chi connectivity index (χ1n) is 8.84. The van der Waals surface area contributed by atoms with E-state index in [-0.39, 0.29) is 36.5 Å². The van der Waals surface area contributed by atoms with Gasteiger partial charge in [-0.3, -0.25) is 19.7 Å². The predicted octanol–water partition coefficient (Wildman–Crippen LogP) is 3.23. The van der Waals surface area contributed by atoms with Crippen molar-refractivity contribution in [3.05, 3.63) is 70.3 Å². The zero-order valence-corrected chi connectivity index (χ0v) is 16.3. The number of esters is 1. The summed E-state index contributed by atoms with van der Waals surface area (Å²) in [7, 11) is 0. The number of hydrogen-bond donors (Lipinski definition) is 1. The van der Waals surface area contributed by atoms with Gasteiger partial charge in [0.05, 0.1) is 23.2 Å². The second-order valence-electron chi connectivity index (χ2n) is 5.98. The summed E-state index contributed by atoms with van der Waals surface area (Å²) in [4.78, 5) is 35.3. The molecule has 0 aliphatic heterocycles. The van der Waals surface area contributed by atoms with Gasteiger partial charge < -0.3 is 10.1 Å². The number of hydrogen-bond acceptors (Lipinski definition) is 6. The van der Waals surface area contributed by atoms with E-state index < -0.39 is 10.8 Å². The van der Waals surface area contributed by atoms with E-state index in [2.05, 4.69) is 5.32 Å². The van der Waals surface area contributed by atoms with E-state index in [1.165, 1.54) is 23.9 Å². The maximum absolute atomic E-state index is 12.2. The Morgan fingerprint density at radius 1 is 1.14 bits per heavy atom. The Hall–Kier alpha value is -2.87. The number of nitrogens with zero attached hydrogens (tertiary/aromatic N) is 1. The lowest BCUT2D eigenvalue weighted by Crippen LogP contribution is -2.35. The van der Waals surface area contributed by atoms with Crippen LogP contribution >= 0.6 is 11.8 Å². The van der Waals surface area contributed by atoms with Gasteiger partial charge in [-0.1, -0.05) is 30.3 Å². The summed E-state index contributed by atoms with van der Waals surface area (Å²) < 4.78 is 5.12. The normalized spacial score (nSPS) is 11.5. The van der Waals surface area contributed by atoms with Crippen molar-refractivity contribution in [1.29, 1.82) is 0 Å². The van der Waals surface area contributed by atoms with Gasteiger partial charge in [-0.05, 0) is 31.0 Å². The lowest BCUT2D eigenvalue weighted by molar-refractivity contribution is -0.384. The van der Waals surface area contributed by atoms with Crippen LogP contribution in [0, 0.1) is 16.0 Å². The molecule has 1 N–H and O–H groups in total. The number of carbonyl (C=O) groups excluding carboxylic acids is 2. The second kappa shape index (κ2) is 11.1. The highest BCUT2D eigenvalue weighted by Gasteiger charge is 2.21. The second-order valence-corrected chi connectivity index (χ2v) is 7.03. The topological polar surface area (TPSA) is 98.5 Å². The Bertz CT molecular complexity index is 796. The third-order valence-electron chi connectivity index (χ3n) is 3.91. The minimum absolute atomic E-state index is 0.00647. The number of ether oxygens (including phenoxy) is 1. The fourth-order valence-corrected chi connectivity index (χ4v) is 3.23.